The number of rotatable bonds is 5. The molecule has 0 saturated carbocycles. The zero-order chi connectivity index (χ0) is 32.4. The van der Waals surface area contributed by atoms with E-state index >= 15 is 0 Å². The van der Waals surface area contributed by atoms with E-state index in [1.54, 1.807) is 0 Å². The summed E-state index contributed by atoms with van der Waals surface area (Å²) in [6, 6.07) is 57.6. The van der Waals surface area contributed by atoms with Crippen LogP contribution in [0.15, 0.2) is 174 Å². The third-order valence-electron chi connectivity index (χ3n) is 9.81. The number of nitrogens with zero attached hydrogens (tertiary/aromatic N) is 4. The summed E-state index contributed by atoms with van der Waals surface area (Å²) in [6.07, 6.45) is 1.92. The van der Waals surface area contributed by atoms with Gasteiger partial charge in [-0.2, -0.15) is 0 Å². The first kappa shape index (κ1) is 27.5. The summed E-state index contributed by atoms with van der Waals surface area (Å²) >= 11 is 0. The Morgan fingerprint density at radius 1 is 0.490 bits per heavy atom. The minimum Gasteiger partial charge on any atom is -0.436 e. The van der Waals surface area contributed by atoms with Gasteiger partial charge in [-0.1, -0.05) is 121 Å². The Kier molecular flexibility index (Phi) is 6.02. The Labute approximate surface area is 282 Å². The average Bonchev–Trinajstić information content (AvgIpc) is 3.88. The summed E-state index contributed by atoms with van der Waals surface area (Å²) in [6.45, 7) is 0. The van der Waals surface area contributed by atoms with E-state index < -0.39 is 5.41 Å². The molecule has 0 bridgehead atoms. The van der Waals surface area contributed by atoms with E-state index in [4.69, 9.17) is 14.4 Å². The lowest BCUT2D eigenvalue weighted by molar-refractivity contribution is 0.618. The van der Waals surface area contributed by atoms with Crippen molar-refractivity contribution in [3.8, 4) is 45.1 Å². The van der Waals surface area contributed by atoms with E-state index in [9.17, 15) is 0 Å². The van der Waals surface area contributed by atoms with Gasteiger partial charge in [-0.15, -0.1) is 5.10 Å². The van der Waals surface area contributed by atoms with E-state index in [2.05, 4.69) is 120 Å². The molecule has 1 atom stereocenters. The van der Waals surface area contributed by atoms with E-state index in [1.807, 2.05) is 59.2 Å². The average molecular weight is 629 g/mol. The minimum absolute atomic E-state index is 0.572. The van der Waals surface area contributed by atoms with Crippen molar-refractivity contribution in [2.45, 2.75) is 5.41 Å². The number of oxazole rings is 1. The second-order valence-corrected chi connectivity index (χ2v) is 12.5. The maximum Gasteiger partial charge on any atom is 0.227 e. The molecule has 49 heavy (non-hydrogen) atoms. The molecule has 1 unspecified atom stereocenters. The summed E-state index contributed by atoms with van der Waals surface area (Å²) in [5, 5.41) is 4.68. The first-order valence-electron chi connectivity index (χ1n) is 16.4. The van der Waals surface area contributed by atoms with Gasteiger partial charge in [0.05, 0.1) is 5.41 Å². The van der Waals surface area contributed by atoms with Crippen LogP contribution >= 0.6 is 0 Å². The van der Waals surface area contributed by atoms with Crippen LogP contribution in [0, 0.1) is 0 Å². The van der Waals surface area contributed by atoms with Crippen molar-refractivity contribution in [3.63, 3.8) is 0 Å². The van der Waals surface area contributed by atoms with Gasteiger partial charge in [0, 0.05) is 17.3 Å². The van der Waals surface area contributed by atoms with Crippen LogP contribution in [0.25, 0.3) is 61.8 Å². The van der Waals surface area contributed by atoms with Crippen LogP contribution in [-0.4, -0.2) is 19.6 Å². The van der Waals surface area contributed by atoms with Crippen LogP contribution in [-0.2, 0) is 5.41 Å². The van der Waals surface area contributed by atoms with Gasteiger partial charge in [-0.3, -0.25) is 0 Å². The topological polar surface area (TPSA) is 56.2 Å². The molecule has 0 radical (unpaired) electrons. The molecule has 3 aromatic heterocycles. The third-order valence-corrected chi connectivity index (χ3v) is 9.81. The molecule has 0 saturated heterocycles. The fraction of sp³-hybridized carbons (Fsp3) is 0.0227. The smallest absolute Gasteiger partial charge is 0.227 e. The van der Waals surface area contributed by atoms with Crippen LogP contribution in [0.2, 0.25) is 0 Å². The molecule has 10 rings (SSSR count). The summed E-state index contributed by atoms with van der Waals surface area (Å²) in [5.41, 5.74) is 13.4. The Morgan fingerprint density at radius 2 is 1.20 bits per heavy atom. The largest absolute Gasteiger partial charge is 0.436 e. The number of benzene rings is 6. The van der Waals surface area contributed by atoms with Gasteiger partial charge in [-0.05, 0) is 87.0 Å². The Balaban J connectivity index is 1.15. The molecule has 1 aliphatic rings. The Bertz CT molecular complexity index is 2620. The molecule has 0 fully saturated rings. The van der Waals surface area contributed by atoms with E-state index in [-0.39, 0.29) is 0 Å². The number of aromatic nitrogens is 4. The number of hydrogen-bond donors (Lipinski definition) is 0. The molecule has 0 spiro atoms. The Morgan fingerprint density at radius 3 is 2.04 bits per heavy atom. The maximum atomic E-state index is 6.45. The van der Waals surface area contributed by atoms with Crippen molar-refractivity contribution in [3.05, 3.63) is 192 Å². The quantitative estimate of drug-likeness (QED) is 0.190. The summed E-state index contributed by atoms with van der Waals surface area (Å²) < 4.78 is 8.26. The normalized spacial score (nSPS) is 15.0. The zero-order valence-corrected chi connectivity index (χ0v) is 26.4. The second-order valence-electron chi connectivity index (χ2n) is 12.5. The fourth-order valence-electron chi connectivity index (χ4n) is 7.56. The van der Waals surface area contributed by atoms with Gasteiger partial charge in [0.2, 0.25) is 5.89 Å². The van der Waals surface area contributed by atoms with Crippen molar-refractivity contribution in [1.82, 2.24) is 19.6 Å². The molecule has 6 aromatic carbocycles. The van der Waals surface area contributed by atoms with Crippen molar-refractivity contribution in [2.75, 3.05) is 0 Å². The third kappa shape index (κ3) is 4.22. The Hall–Kier alpha value is -6.59. The molecule has 0 N–H and O–H groups in total. The van der Waals surface area contributed by atoms with Gasteiger partial charge >= 0.3 is 0 Å². The monoisotopic (exact) mass is 628 g/mol. The standard InChI is InChI=1S/C44H28N4O/c1-3-11-31(12-4-1)43-45-39-25-23-34(28-40(39)49-43)44(33-13-5-2-6-14-33)37-16-8-7-15-35(37)36-24-22-32(27-38(36)44)29-18-20-30(21-19-29)42-46-41-17-9-10-26-48(41)47-42/h1-28H. The highest BCUT2D eigenvalue weighted by Crippen LogP contribution is 2.57. The molecule has 5 heteroatoms. The lowest BCUT2D eigenvalue weighted by Crippen LogP contribution is -2.28. The molecule has 1 aliphatic carbocycles. The first-order chi connectivity index (χ1) is 24.3. The minimum atomic E-state index is -0.572. The van der Waals surface area contributed by atoms with E-state index in [0.717, 1.165) is 44.6 Å². The van der Waals surface area contributed by atoms with E-state index in [1.165, 1.54) is 27.8 Å². The highest BCUT2D eigenvalue weighted by molar-refractivity contribution is 5.90. The van der Waals surface area contributed by atoms with Gasteiger partial charge in [-0.25, -0.2) is 14.5 Å². The van der Waals surface area contributed by atoms with Crippen molar-refractivity contribution < 1.29 is 4.42 Å². The summed E-state index contributed by atoms with van der Waals surface area (Å²) in [7, 11) is 0. The van der Waals surface area contributed by atoms with Crippen molar-refractivity contribution in [2.24, 2.45) is 0 Å². The molecular formula is C44H28N4O. The number of fused-ring (bicyclic) bond motifs is 5. The molecule has 9 aromatic rings. The van der Waals surface area contributed by atoms with Gasteiger partial charge in [0.25, 0.3) is 0 Å². The van der Waals surface area contributed by atoms with Gasteiger partial charge < -0.3 is 4.42 Å². The second kappa shape index (κ2) is 10.7. The van der Waals surface area contributed by atoms with E-state index in [0.29, 0.717) is 11.7 Å². The molecule has 3 heterocycles. The highest BCUT2D eigenvalue weighted by Gasteiger charge is 2.46. The summed E-state index contributed by atoms with van der Waals surface area (Å²) in [5.74, 6) is 1.33. The number of hydrogen-bond acceptors (Lipinski definition) is 4. The predicted molar refractivity (Wildman–Crippen MR) is 194 cm³/mol. The van der Waals surface area contributed by atoms with Gasteiger partial charge in [0.1, 0.15) is 5.52 Å². The van der Waals surface area contributed by atoms with Gasteiger partial charge in [0.15, 0.2) is 17.1 Å². The predicted octanol–water partition coefficient (Wildman–Crippen LogP) is 10.2. The fourth-order valence-corrected chi connectivity index (χ4v) is 7.56. The van der Waals surface area contributed by atoms with Crippen LogP contribution < -0.4 is 0 Å². The van der Waals surface area contributed by atoms with Crippen LogP contribution in [0.1, 0.15) is 22.3 Å². The molecular weight excluding hydrogens is 601 g/mol. The number of pyridine rings is 1. The lowest BCUT2D eigenvalue weighted by atomic mass is 9.67. The van der Waals surface area contributed by atoms with Crippen LogP contribution in [0.5, 0.6) is 0 Å². The molecule has 0 aliphatic heterocycles. The zero-order valence-electron chi connectivity index (χ0n) is 26.4. The molecule has 5 nitrogen and oxygen atoms in total. The maximum absolute atomic E-state index is 6.45. The van der Waals surface area contributed by atoms with Crippen molar-refractivity contribution in [1.29, 1.82) is 0 Å². The summed E-state index contributed by atoms with van der Waals surface area (Å²) in [4.78, 5) is 9.57. The lowest BCUT2D eigenvalue weighted by Gasteiger charge is -2.34. The first-order valence-corrected chi connectivity index (χ1v) is 16.4. The van der Waals surface area contributed by atoms with Crippen LogP contribution in [0.4, 0.5) is 0 Å². The highest BCUT2D eigenvalue weighted by atomic mass is 16.3. The van der Waals surface area contributed by atoms with Crippen molar-refractivity contribution >= 4 is 16.7 Å². The molecule has 0 amide bonds. The van der Waals surface area contributed by atoms with Crippen LogP contribution in [0.3, 0.4) is 0 Å². The SMILES string of the molecule is c1ccc(-c2nc3ccc(C4(c5ccccc5)c5ccccc5-c5ccc(-c6ccc(-c7nc8ccccn8n7)cc6)cc54)cc3o2)cc1. The molecule has 230 valence electrons.